The second-order valence-corrected chi connectivity index (χ2v) is 9.20. The zero-order chi connectivity index (χ0) is 20.7. The van der Waals surface area contributed by atoms with Gasteiger partial charge in [-0.15, -0.1) is 11.3 Å². The molecule has 2 atom stereocenters. The first-order valence-corrected chi connectivity index (χ1v) is 11.1. The number of hydrogen-bond acceptors (Lipinski definition) is 4. The topological polar surface area (TPSA) is 64.0 Å². The highest BCUT2D eigenvalue weighted by atomic mass is 32.1. The largest absolute Gasteiger partial charge is 0.324 e. The minimum Gasteiger partial charge on any atom is -0.324 e. The first kappa shape index (κ1) is 19.8. The predicted octanol–water partition coefficient (Wildman–Crippen LogP) is 4.65. The van der Waals surface area contributed by atoms with Gasteiger partial charge in [0.25, 0.3) is 5.56 Å². The highest BCUT2D eigenvalue weighted by Crippen LogP contribution is 2.35. The summed E-state index contributed by atoms with van der Waals surface area (Å²) in [6.07, 6.45) is 5.38. The molecule has 0 fully saturated rings. The van der Waals surface area contributed by atoms with E-state index >= 15 is 0 Å². The van der Waals surface area contributed by atoms with Gasteiger partial charge in [0.15, 0.2) is 0 Å². The average molecular weight is 410 g/mol. The summed E-state index contributed by atoms with van der Waals surface area (Å²) in [6, 6.07) is 5.36. The Bertz CT molecular complexity index is 1140. The second kappa shape index (κ2) is 7.75. The lowest BCUT2D eigenvalue weighted by molar-refractivity contribution is -0.118. The molecule has 2 heterocycles. The molecular formula is C23H27N3O2S. The molecule has 0 radical (unpaired) electrons. The SMILES string of the molecule is CCc1cccc(C)c1NC(=O)[C@H](C)n1cnc2sc3c(c2c1=O)CC[C@H](C)C3. The van der Waals surface area contributed by atoms with E-state index in [1.165, 1.54) is 15.8 Å². The van der Waals surface area contributed by atoms with Crippen LogP contribution in [0.4, 0.5) is 5.69 Å². The number of nitrogens with one attached hydrogen (secondary N) is 1. The van der Waals surface area contributed by atoms with Gasteiger partial charge in [0.2, 0.25) is 5.91 Å². The van der Waals surface area contributed by atoms with Gasteiger partial charge in [-0.05, 0) is 62.1 Å². The first-order chi connectivity index (χ1) is 13.9. The van der Waals surface area contributed by atoms with Gasteiger partial charge in [0, 0.05) is 10.6 Å². The third-order valence-corrected chi connectivity index (χ3v) is 7.19. The zero-order valence-electron chi connectivity index (χ0n) is 17.4. The Kier molecular flexibility index (Phi) is 5.30. The molecule has 4 rings (SSSR count). The monoisotopic (exact) mass is 409 g/mol. The summed E-state index contributed by atoms with van der Waals surface area (Å²) >= 11 is 1.63. The lowest BCUT2D eigenvalue weighted by Gasteiger charge is -2.19. The zero-order valence-corrected chi connectivity index (χ0v) is 18.2. The van der Waals surface area contributed by atoms with E-state index in [1.807, 2.05) is 25.1 Å². The Morgan fingerprint density at radius 2 is 2.21 bits per heavy atom. The van der Waals surface area contributed by atoms with E-state index in [0.717, 1.165) is 52.9 Å². The molecule has 0 saturated heterocycles. The van der Waals surface area contributed by atoms with Crippen LogP contribution < -0.4 is 10.9 Å². The van der Waals surface area contributed by atoms with Crippen molar-refractivity contribution in [1.29, 1.82) is 0 Å². The molecule has 0 unspecified atom stereocenters. The Hall–Kier alpha value is -2.47. The Morgan fingerprint density at radius 3 is 2.97 bits per heavy atom. The lowest BCUT2D eigenvalue weighted by Crippen LogP contribution is -2.32. The van der Waals surface area contributed by atoms with E-state index in [9.17, 15) is 9.59 Å². The summed E-state index contributed by atoms with van der Waals surface area (Å²) in [5, 5.41) is 3.75. The van der Waals surface area contributed by atoms with E-state index in [2.05, 4.69) is 24.1 Å². The quantitative estimate of drug-likeness (QED) is 0.682. The maximum Gasteiger partial charge on any atom is 0.263 e. The van der Waals surface area contributed by atoms with Crippen molar-refractivity contribution in [3.63, 3.8) is 0 Å². The third kappa shape index (κ3) is 3.50. The molecule has 152 valence electrons. The molecule has 1 amide bonds. The number of thiophene rings is 1. The van der Waals surface area contributed by atoms with Crippen molar-refractivity contribution >= 4 is 33.1 Å². The fourth-order valence-electron chi connectivity index (χ4n) is 4.18. The molecule has 0 aliphatic heterocycles. The van der Waals surface area contributed by atoms with Crippen LogP contribution in [0, 0.1) is 12.8 Å². The predicted molar refractivity (Wildman–Crippen MR) is 119 cm³/mol. The Balaban J connectivity index is 1.69. The number of nitrogens with zero attached hydrogens (tertiary/aromatic N) is 2. The lowest BCUT2D eigenvalue weighted by atomic mass is 9.89. The molecule has 5 nitrogen and oxygen atoms in total. The number of rotatable bonds is 4. The molecule has 1 aliphatic carbocycles. The number of carbonyl (C=O) groups excluding carboxylic acids is 1. The summed E-state index contributed by atoms with van der Waals surface area (Å²) < 4.78 is 1.48. The van der Waals surface area contributed by atoms with Gasteiger partial charge in [0.1, 0.15) is 10.9 Å². The second-order valence-electron chi connectivity index (χ2n) is 8.12. The summed E-state index contributed by atoms with van der Waals surface area (Å²) in [5.41, 5.74) is 4.00. The van der Waals surface area contributed by atoms with Crippen molar-refractivity contribution < 1.29 is 4.79 Å². The van der Waals surface area contributed by atoms with E-state index in [4.69, 9.17) is 0 Å². The molecular weight excluding hydrogens is 382 g/mol. The van der Waals surface area contributed by atoms with Crippen molar-refractivity contribution in [1.82, 2.24) is 9.55 Å². The molecule has 0 bridgehead atoms. The minimum absolute atomic E-state index is 0.106. The van der Waals surface area contributed by atoms with Gasteiger partial charge in [-0.1, -0.05) is 32.0 Å². The van der Waals surface area contributed by atoms with Crippen LogP contribution in [-0.2, 0) is 24.1 Å². The van der Waals surface area contributed by atoms with Gasteiger partial charge in [-0.25, -0.2) is 4.98 Å². The number of hydrogen-bond donors (Lipinski definition) is 1. The van der Waals surface area contributed by atoms with E-state index in [0.29, 0.717) is 11.3 Å². The maximum absolute atomic E-state index is 13.3. The summed E-state index contributed by atoms with van der Waals surface area (Å²) in [4.78, 5) is 32.9. The van der Waals surface area contributed by atoms with Crippen LogP contribution in [0.2, 0.25) is 0 Å². The van der Waals surface area contributed by atoms with Crippen LogP contribution in [0.3, 0.4) is 0 Å². The normalized spacial score (nSPS) is 17.2. The molecule has 6 heteroatoms. The molecule has 2 aromatic heterocycles. The highest BCUT2D eigenvalue weighted by Gasteiger charge is 2.25. The number of benzene rings is 1. The first-order valence-electron chi connectivity index (χ1n) is 10.3. The molecule has 0 spiro atoms. The van der Waals surface area contributed by atoms with Crippen molar-refractivity contribution in [2.45, 2.75) is 59.4 Å². The van der Waals surface area contributed by atoms with Gasteiger partial charge >= 0.3 is 0 Å². The molecule has 1 aromatic carbocycles. The summed E-state index contributed by atoms with van der Waals surface area (Å²) in [7, 11) is 0. The smallest absolute Gasteiger partial charge is 0.263 e. The van der Waals surface area contributed by atoms with Crippen LogP contribution in [-0.4, -0.2) is 15.5 Å². The van der Waals surface area contributed by atoms with Crippen LogP contribution in [0.1, 0.15) is 54.8 Å². The van der Waals surface area contributed by atoms with E-state index in [1.54, 1.807) is 18.3 Å². The molecule has 1 aliphatic rings. The van der Waals surface area contributed by atoms with Gasteiger partial charge in [0.05, 0.1) is 11.7 Å². The van der Waals surface area contributed by atoms with Crippen LogP contribution in [0.5, 0.6) is 0 Å². The average Bonchev–Trinajstić information content (AvgIpc) is 3.07. The number of aromatic nitrogens is 2. The Morgan fingerprint density at radius 1 is 1.41 bits per heavy atom. The van der Waals surface area contributed by atoms with Crippen LogP contribution in [0.15, 0.2) is 29.3 Å². The molecule has 0 saturated carbocycles. The van der Waals surface area contributed by atoms with Crippen molar-refractivity contribution in [3.05, 3.63) is 56.4 Å². The number of para-hydroxylation sites is 1. The van der Waals surface area contributed by atoms with E-state index in [-0.39, 0.29) is 11.5 Å². The van der Waals surface area contributed by atoms with Crippen molar-refractivity contribution in [3.8, 4) is 0 Å². The van der Waals surface area contributed by atoms with E-state index < -0.39 is 6.04 Å². The molecule has 29 heavy (non-hydrogen) atoms. The number of aryl methyl sites for hydroxylation is 3. The van der Waals surface area contributed by atoms with Gasteiger partial charge < -0.3 is 5.32 Å². The molecule has 1 N–H and O–H groups in total. The van der Waals surface area contributed by atoms with Crippen molar-refractivity contribution in [2.24, 2.45) is 5.92 Å². The van der Waals surface area contributed by atoms with Crippen LogP contribution in [0.25, 0.3) is 10.2 Å². The fraction of sp³-hybridized carbons (Fsp3) is 0.435. The molecule has 3 aromatic rings. The third-order valence-electron chi connectivity index (χ3n) is 6.03. The number of anilines is 1. The number of fused-ring (bicyclic) bond motifs is 3. The van der Waals surface area contributed by atoms with Gasteiger partial charge in [-0.3, -0.25) is 14.2 Å². The maximum atomic E-state index is 13.3. The van der Waals surface area contributed by atoms with Gasteiger partial charge in [-0.2, -0.15) is 0 Å². The standard InChI is InChI=1S/C23H27N3O2S/c1-5-16-8-6-7-14(3)20(16)25-21(27)15(4)26-12-24-22-19(23(26)28)17-10-9-13(2)11-18(17)29-22/h6-8,12-13,15H,5,9-11H2,1-4H3,(H,25,27)/t13-,15-/m0/s1. The van der Waals surface area contributed by atoms with Crippen LogP contribution >= 0.6 is 11.3 Å². The van der Waals surface area contributed by atoms with Crippen molar-refractivity contribution in [2.75, 3.05) is 5.32 Å². The number of amides is 1. The summed E-state index contributed by atoms with van der Waals surface area (Å²) in [5.74, 6) is 0.444. The Labute approximate surface area is 174 Å². The summed E-state index contributed by atoms with van der Waals surface area (Å²) in [6.45, 7) is 8.06. The highest BCUT2D eigenvalue weighted by molar-refractivity contribution is 7.18. The fourth-order valence-corrected chi connectivity index (χ4v) is 5.52. The number of carbonyl (C=O) groups is 1. The minimum atomic E-state index is -0.637.